The van der Waals surface area contributed by atoms with Crippen LogP contribution in [0, 0.1) is 5.92 Å². The van der Waals surface area contributed by atoms with Crippen molar-refractivity contribution in [2.24, 2.45) is 5.92 Å². The SMILES string of the molecule is [2H]C1C[C@H](CCC)CC([2H])([2H])[C@H]1c1ccc(OCC)cc1. The summed E-state index contributed by atoms with van der Waals surface area (Å²) in [6.45, 7) is 4.71. The van der Waals surface area contributed by atoms with Crippen LogP contribution in [-0.4, -0.2) is 6.61 Å². The molecule has 0 aromatic heterocycles. The minimum atomic E-state index is -1.29. The smallest absolute Gasteiger partial charge is 0.119 e. The molecule has 3 atom stereocenters. The van der Waals surface area contributed by atoms with Crippen LogP contribution >= 0.6 is 0 Å². The highest BCUT2D eigenvalue weighted by atomic mass is 16.5. The summed E-state index contributed by atoms with van der Waals surface area (Å²) in [6.07, 6.45) is 1.84. The van der Waals surface area contributed by atoms with Crippen LogP contribution in [0.25, 0.3) is 0 Å². The van der Waals surface area contributed by atoms with E-state index in [1.165, 1.54) is 0 Å². The van der Waals surface area contributed by atoms with Crippen molar-refractivity contribution in [1.82, 2.24) is 0 Å². The van der Waals surface area contributed by atoms with Gasteiger partial charge in [0.05, 0.1) is 6.61 Å². The van der Waals surface area contributed by atoms with Crippen molar-refractivity contribution in [2.75, 3.05) is 6.61 Å². The molecule has 0 bridgehead atoms. The van der Waals surface area contributed by atoms with Crippen LogP contribution in [0.4, 0.5) is 0 Å². The third-order valence-electron chi connectivity index (χ3n) is 3.58. The molecule has 1 fully saturated rings. The largest absolute Gasteiger partial charge is 0.494 e. The van der Waals surface area contributed by atoms with Crippen molar-refractivity contribution in [3.8, 4) is 5.75 Å². The quantitative estimate of drug-likeness (QED) is 0.700. The molecule has 1 aliphatic rings. The first-order chi connectivity index (χ1) is 9.97. The van der Waals surface area contributed by atoms with Gasteiger partial charge in [0.1, 0.15) is 5.75 Å². The summed E-state index contributed by atoms with van der Waals surface area (Å²) >= 11 is 0. The number of benzene rings is 1. The highest BCUT2D eigenvalue weighted by Gasteiger charge is 2.21. The van der Waals surface area contributed by atoms with Gasteiger partial charge in [-0.25, -0.2) is 0 Å². The molecule has 2 rings (SSSR count). The van der Waals surface area contributed by atoms with Crippen LogP contribution < -0.4 is 4.74 Å². The van der Waals surface area contributed by atoms with E-state index in [0.717, 1.165) is 30.6 Å². The molecule has 0 amide bonds. The number of hydrogen-bond acceptors (Lipinski definition) is 1. The molecule has 1 aliphatic carbocycles. The fourth-order valence-corrected chi connectivity index (χ4v) is 2.61. The highest BCUT2D eigenvalue weighted by Crippen LogP contribution is 2.37. The maximum atomic E-state index is 8.41. The second kappa shape index (κ2) is 6.82. The lowest BCUT2D eigenvalue weighted by atomic mass is 9.77. The van der Waals surface area contributed by atoms with Crippen LogP contribution in [0.15, 0.2) is 24.3 Å². The molecule has 0 radical (unpaired) electrons. The average Bonchev–Trinajstić information content (AvgIpc) is 2.39. The molecule has 1 saturated carbocycles. The molecule has 0 spiro atoms. The summed E-state index contributed by atoms with van der Waals surface area (Å²) in [4.78, 5) is 0. The Morgan fingerprint density at radius 3 is 2.61 bits per heavy atom. The first kappa shape index (κ1) is 9.89. The molecule has 18 heavy (non-hydrogen) atoms. The van der Waals surface area contributed by atoms with E-state index in [0.29, 0.717) is 18.9 Å². The maximum absolute atomic E-state index is 8.41. The molecule has 0 N–H and O–H groups in total. The minimum absolute atomic E-state index is 0.332. The fraction of sp³-hybridized carbons (Fsp3) is 0.647. The van der Waals surface area contributed by atoms with Gasteiger partial charge in [0, 0.05) is 4.11 Å². The number of ether oxygens (including phenoxy) is 1. The Morgan fingerprint density at radius 1 is 1.22 bits per heavy atom. The van der Waals surface area contributed by atoms with Crippen molar-refractivity contribution in [3.63, 3.8) is 0 Å². The Kier molecular flexibility index (Phi) is 3.75. The van der Waals surface area contributed by atoms with Crippen LogP contribution in [0.3, 0.4) is 0 Å². The molecule has 1 aromatic rings. The molecule has 0 aliphatic heterocycles. The number of rotatable bonds is 5. The second-order valence-corrected chi connectivity index (χ2v) is 5.01. The van der Waals surface area contributed by atoms with Crippen molar-refractivity contribution in [2.45, 2.75) is 58.2 Å². The zero-order chi connectivity index (χ0) is 15.5. The van der Waals surface area contributed by atoms with E-state index in [4.69, 9.17) is 8.85 Å². The lowest BCUT2D eigenvalue weighted by Gasteiger charge is -2.28. The van der Waals surface area contributed by atoms with E-state index in [9.17, 15) is 0 Å². The van der Waals surface area contributed by atoms with Crippen LogP contribution in [-0.2, 0) is 0 Å². The minimum Gasteiger partial charge on any atom is -0.494 e. The van der Waals surface area contributed by atoms with Gasteiger partial charge in [-0.3, -0.25) is 0 Å². The Hall–Kier alpha value is -0.980. The van der Waals surface area contributed by atoms with Gasteiger partial charge in [-0.1, -0.05) is 31.9 Å². The molecule has 1 nitrogen and oxygen atoms in total. The van der Waals surface area contributed by atoms with Gasteiger partial charge < -0.3 is 4.74 Å². The van der Waals surface area contributed by atoms with E-state index >= 15 is 0 Å². The molecule has 0 saturated heterocycles. The predicted molar refractivity (Wildman–Crippen MR) is 77.2 cm³/mol. The normalized spacial score (nSPS) is 33.2. The molecule has 1 unspecified atom stereocenters. The maximum Gasteiger partial charge on any atom is 0.119 e. The first-order valence-electron chi connectivity index (χ1n) is 8.70. The highest BCUT2D eigenvalue weighted by molar-refractivity contribution is 5.29. The van der Waals surface area contributed by atoms with Gasteiger partial charge in [0.25, 0.3) is 0 Å². The molecule has 1 aromatic carbocycles. The van der Waals surface area contributed by atoms with E-state index in [1.807, 2.05) is 31.2 Å². The van der Waals surface area contributed by atoms with Gasteiger partial charge in [-0.2, -0.15) is 0 Å². The third kappa shape index (κ3) is 3.51. The molecular weight excluding hydrogens is 220 g/mol. The van der Waals surface area contributed by atoms with E-state index in [1.54, 1.807) is 0 Å². The number of hydrogen-bond donors (Lipinski definition) is 0. The summed E-state index contributed by atoms with van der Waals surface area (Å²) in [5.41, 5.74) is 0.929. The Labute approximate surface area is 116 Å². The summed E-state index contributed by atoms with van der Waals surface area (Å²) in [5.74, 6) is 0.829. The summed E-state index contributed by atoms with van der Waals surface area (Å²) in [5, 5.41) is 0. The lowest BCUT2D eigenvalue weighted by Crippen LogP contribution is -2.13. The van der Waals surface area contributed by atoms with E-state index in [2.05, 4.69) is 6.92 Å². The Morgan fingerprint density at radius 2 is 2.00 bits per heavy atom. The van der Waals surface area contributed by atoms with Crippen molar-refractivity contribution < 1.29 is 8.85 Å². The van der Waals surface area contributed by atoms with E-state index in [-0.39, 0.29) is 12.3 Å². The standard InChI is InChI=1S/C17H26O/c1-3-5-14-6-8-15(9-7-14)16-10-12-17(13-11-16)18-4-2/h10-15H,3-9H2,1-2H3/t14-,15-/i8D,9D2/t8?,14-,15-/m0/s1. The van der Waals surface area contributed by atoms with Gasteiger partial charge in [-0.15, -0.1) is 0 Å². The zero-order valence-electron chi connectivity index (χ0n) is 14.5. The summed E-state index contributed by atoms with van der Waals surface area (Å²) in [7, 11) is 0. The molecule has 0 heterocycles. The van der Waals surface area contributed by atoms with Crippen LogP contribution in [0.2, 0.25) is 0 Å². The summed E-state index contributed by atoms with van der Waals surface area (Å²) in [6, 6.07) is 7.63. The first-order valence-corrected chi connectivity index (χ1v) is 7.13. The van der Waals surface area contributed by atoms with Crippen molar-refractivity contribution in [1.29, 1.82) is 0 Å². The van der Waals surface area contributed by atoms with Gasteiger partial charge in [0.2, 0.25) is 0 Å². The van der Waals surface area contributed by atoms with Crippen LogP contribution in [0.5, 0.6) is 5.75 Å². The van der Waals surface area contributed by atoms with Crippen molar-refractivity contribution in [3.05, 3.63) is 29.8 Å². The van der Waals surface area contributed by atoms with Crippen LogP contribution in [0.1, 0.15) is 67.9 Å². The molecule has 100 valence electrons. The molecular formula is C17H26O. The third-order valence-corrected chi connectivity index (χ3v) is 3.58. The van der Waals surface area contributed by atoms with Gasteiger partial charge in [-0.05, 0) is 62.1 Å². The van der Waals surface area contributed by atoms with Gasteiger partial charge >= 0.3 is 0 Å². The average molecular weight is 249 g/mol. The van der Waals surface area contributed by atoms with Gasteiger partial charge in [0.15, 0.2) is 0 Å². The fourth-order valence-electron chi connectivity index (χ4n) is 2.61. The lowest BCUT2D eigenvalue weighted by molar-refractivity contribution is 0.308. The Bertz CT molecular complexity index is 444. The van der Waals surface area contributed by atoms with Crippen molar-refractivity contribution >= 4 is 0 Å². The molecule has 1 heteroatoms. The zero-order valence-corrected chi connectivity index (χ0v) is 11.5. The summed E-state index contributed by atoms with van der Waals surface area (Å²) < 4.78 is 30.7. The second-order valence-electron chi connectivity index (χ2n) is 5.01. The topological polar surface area (TPSA) is 9.23 Å². The monoisotopic (exact) mass is 249 g/mol. The Balaban J connectivity index is 2.17. The van der Waals surface area contributed by atoms with E-state index < -0.39 is 6.37 Å². The predicted octanol–water partition coefficient (Wildman–Crippen LogP) is 5.16.